The zero-order valence-corrected chi connectivity index (χ0v) is 14.3. The lowest BCUT2D eigenvalue weighted by Crippen LogP contribution is -2.34. The average Bonchev–Trinajstić information content (AvgIpc) is 2.94. The van der Waals surface area contributed by atoms with Crippen LogP contribution in [0.2, 0.25) is 0 Å². The molecule has 2 aromatic rings. The molecule has 130 valence electrons. The van der Waals surface area contributed by atoms with Gasteiger partial charge in [0.15, 0.2) is 0 Å². The van der Waals surface area contributed by atoms with Crippen molar-refractivity contribution in [2.45, 2.75) is 32.1 Å². The van der Waals surface area contributed by atoms with E-state index >= 15 is 0 Å². The summed E-state index contributed by atoms with van der Waals surface area (Å²) in [5.41, 5.74) is 2.18. The summed E-state index contributed by atoms with van der Waals surface area (Å²) in [4.78, 5) is 22.0. The van der Waals surface area contributed by atoms with Crippen LogP contribution in [0.15, 0.2) is 24.3 Å². The molecule has 0 unspecified atom stereocenters. The van der Waals surface area contributed by atoms with Gasteiger partial charge in [0, 0.05) is 39.5 Å². The number of imidazole rings is 1. The molecule has 3 rings (SSSR count). The summed E-state index contributed by atoms with van der Waals surface area (Å²) in [6.45, 7) is 3.07. The largest absolute Gasteiger partial charge is 0.356 e. The van der Waals surface area contributed by atoms with Crippen LogP contribution in [-0.4, -0.2) is 46.8 Å². The summed E-state index contributed by atoms with van der Waals surface area (Å²) in [7, 11) is 2.04. The summed E-state index contributed by atoms with van der Waals surface area (Å²) in [5, 5.41) is 4.89. The van der Waals surface area contributed by atoms with Crippen LogP contribution in [0.3, 0.4) is 0 Å². The molecule has 1 fully saturated rings. The van der Waals surface area contributed by atoms with Crippen molar-refractivity contribution >= 4 is 16.9 Å². The lowest BCUT2D eigenvalue weighted by molar-refractivity contribution is -0.181. The van der Waals surface area contributed by atoms with Crippen LogP contribution in [0.5, 0.6) is 0 Å². The van der Waals surface area contributed by atoms with Gasteiger partial charge in [0.2, 0.25) is 5.91 Å². The van der Waals surface area contributed by atoms with Crippen molar-refractivity contribution in [2.24, 2.45) is 7.05 Å². The third-order valence-electron chi connectivity index (χ3n) is 4.44. The monoisotopic (exact) mass is 330 g/mol. The van der Waals surface area contributed by atoms with Crippen LogP contribution in [0, 0.1) is 0 Å². The van der Waals surface area contributed by atoms with E-state index in [0.717, 1.165) is 55.7 Å². The van der Waals surface area contributed by atoms with Crippen molar-refractivity contribution < 1.29 is 9.63 Å². The highest BCUT2D eigenvalue weighted by molar-refractivity contribution is 5.76. The van der Waals surface area contributed by atoms with Crippen LogP contribution in [-0.2, 0) is 23.1 Å². The Morgan fingerprint density at radius 2 is 2.21 bits per heavy atom. The molecule has 24 heavy (non-hydrogen) atoms. The van der Waals surface area contributed by atoms with E-state index in [-0.39, 0.29) is 5.91 Å². The smallest absolute Gasteiger partial charge is 0.221 e. The van der Waals surface area contributed by atoms with Gasteiger partial charge in [-0.25, -0.2) is 4.98 Å². The van der Waals surface area contributed by atoms with E-state index in [2.05, 4.69) is 20.9 Å². The maximum absolute atomic E-state index is 11.9. The van der Waals surface area contributed by atoms with Gasteiger partial charge in [0.05, 0.1) is 17.6 Å². The van der Waals surface area contributed by atoms with Gasteiger partial charge in [0.25, 0.3) is 0 Å². The lowest BCUT2D eigenvalue weighted by atomic mass is 10.2. The Kier molecular flexibility index (Phi) is 5.82. The molecule has 0 bridgehead atoms. The number of benzene rings is 1. The molecule has 1 saturated heterocycles. The van der Waals surface area contributed by atoms with Gasteiger partial charge >= 0.3 is 0 Å². The van der Waals surface area contributed by atoms with E-state index in [1.165, 1.54) is 0 Å². The van der Waals surface area contributed by atoms with Gasteiger partial charge in [0.1, 0.15) is 5.82 Å². The minimum absolute atomic E-state index is 0.0918. The number of aromatic nitrogens is 2. The van der Waals surface area contributed by atoms with E-state index in [1.54, 1.807) is 0 Å². The summed E-state index contributed by atoms with van der Waals surface area (Å²) in [5.74, 6) is 1.15. The predicted molar refractivity (Wildman–Crippen MR) is 93.4 cm³/mol. The highest BCUT2D eigenvalue weighted by Gasteiger charge is 2.12. The molecule has 0 atom stereocenters. The Labute approximate surface area is 142 Å². The van der Waals surface area contributed by atoms with E-state index in [1.807, 2.05) is 30.3 Å². The second kappa shape index (κ2) is 8.26. The molecule has 1 aliphatic heterocycles. The van der Waals surface area contributed by atoms with Crippen molar-refractivity contribution in [1.29, 1.82) is 0 Å². The van der Waals surface area contributed by atoms with E-state index < -0.39 is 0 Å². The Hall–Kier alpha value is -1.92. The van der Waals surface area contributed by atoms with Gasteiger partial charge in [-0.1, -0.05) is 12.1 Å². The van der Waals surface area contributed by atoms with Crippen molar-refractivity contribution in [3.63, 3.8) is 0 Å². The fraction of sp³-hybridized carbons (Fsp3) is 0.556. The maximum atomic E-state index is 11.9. The van der Waals surface area contributed by atoms with Crippen LogP contribution >= 0.6 is 0 Å². The average molecular weight is 330 g/mol. The Bertz CT molecular complexity index is 677. The van der Waals surface area contributed by atoms with Gasteiger partial charge in [-0.15, -0.1) is 0 Å². The first-order valence-electron chi connectivity index (χ1n) is 8.79. The Morgan fingerprint density at radius 3 is 3.00 bits per heavy atom. The Balaban J connectivity index is 1.36. The van der Waals surface area contributed by atoms with Gasteiger partial charge in [-0.3, -0.25) is 9.63 Å². The minimum atomic E-state index is 0.0918. The molecule has 1 aromatic carbocycles. The quantitative estimate of drug-likeness (QED) is 0.789. The van der Waals surface area contributed by atoms with Crippen molar-refractivity contribution in [3.05, 3.63) is 30.1 Å². The molecule has 0 spiro atoms. The minimum Gasteiger partial charge on any atom is -0.356 e. The van der Waals surface area contributed by atoms with Crippen LogP contribution in [0.1, 0.15) is 31.5 Å². The highest BCUT2D eigenvalue weighted by atomic mass is 16.7. The Morgan fingerprint density at radius 1 is 1.33 bits per heavy atom. The topological polar surface area (TPSA) is 59.4 Å². The number of amides is 1. The fourth-order valence-corrected chi connectivity index (χ4v) is 3.03. The molecular weight excluding hydrogens is 304 g/mol. The van der Waals surface area contributed by atoms with Gasteiger partial charge in [-0.05, 0) is 31.4 Å². The molecule has 0 radical (unpaired) electrons. The third-order valence-corrected chi connectivity index (χ3v) is 4.44. The normalized spacial score (nSPS) is 15.7. The van der Waals surface area contributed by atoms with Crippen molar-refractivity contribution in [1.82, 2.24) is 19.9 Å². The van der Waals surface area contributed by atoms with E-state index in [0.29, 0.717) is 19.5 Å². The van der Waals surface area contributed by atoms with Crippen molar-refractivity contribution in [2.75, 3.05) is 26.2 Å². The first-order chi connectivity index (χ1) is 11.7. The summed E-state index contributed by atoms with van der Waals surface area (Å²) < 4.78 is 2.13. The third kappa shape index (κ3) is 4.33. The van der Waals surface area contributed by atoms with Crippen LogP contribution in [0.25, 0.3) is 11.0 Å². The number of fused-ring (bicyclic) bond motifs is 1. The molecule has 0 saturated carbocycles. The summed E-state index contributed by atoms with van der Waals surface area (Å²) in [6.07, 6.45) is 4.51. The first-order valence-corrected chi connectivity index (χ1v) is 8.79. The number of carbonyl (C=O) groups excluding carboxylic acids is 1. The zero-order chi connectivity index (χ0) is 16.8. The number of rotatable bonds is 7. The first kappa shape index (κ1) is 16.9. The molecule has 6 heteroatoms. The molecule has 1 amide bonds. The number of carbonyl (C=O) groups is 1. The number of aryl methyl sites for hydroxylation is 2. The maximum Gasteiger partial charge on any atom is 0.221 e. The van der Waals surface area contributed by atoms with Crippen LogP contribution in [0.4, 0.5) is 0 Å². The molecule has 1 aliphatic rings. The second-order valence-corrected chi connectivity index (χ2v) is 6.25. The lowest BCUT2D eigenvalue weighted by Gasteiger charge is -2.25. The number of para-hydroxylation sites is 2. The fourth-order valence-electron chi connectivity index (χ4n) is 3.03. The zero-order valence-electron chi connectivity index (χ0n) is 14.3. The number of nitrogens with one attached hydrogen (secondary N) is 1. The summed E-state index contributed by atoms with van der Waals surface area (Å²) >= 11 is 0. The van der Waals surface area contributed by atoms with Gasteiger partial charge < -0.3 is 9.88 Å². The SMILES string of the molecule is Cn1c(CCCNC(=O)CCN2CCCCO2)nc2ccccc21. The standard InChI is InChI=1S/C18H26N4O2/c1-21-16-8-3-2-7-15(16)20-17(21)9-6-11-19-18(23)10-13-22-12-4-5-14-24-22/h2-3,7-8H,4-6,9-14H2,1H3,(H,19,23). The summed E-state index contributed by atoms with van der Waals surface area (Å²) in [6, 6.07) is 8.14. The molecule has 1 N–H and O–H groups in total. The number of hydroxylamine groups is 2. The molecule has 0 aliphatic carbocycles. The van der Waals surface area contributed by atoms with Gasteiger partial charge in [-0.2, -0.15) is 5.06 Å². The number of hydrogen-bond donors (Lipinski definition) is 1. The van der Waals surface area contributed by atoms with E-state index in [4.69, 9.17) is 4.84 Å². The van der Waals surface area contributed by atoms with Crippen molar-refractivity contribution in [3.8, 4) is 0 Å². The number of nitrogens with zero attached hydrogens (tertiary/aromatic N) is 3. The molecular formula is C18H26N4O2. The van der Waals surface area contributed by atoms with Crippen LogP contribution < -0.4 is 5.32 Å². The highest BCUT2D eigenvalue weighted by Crippen LogP contribution is 2.15. The number of hydrogen-bond acceptors (Lipinski definition) is 4. The molecule has 6 nitrogen and oxygen atoms in total. The predicted octanol–water partition coefficient (Wildman–Crippen LogP) is 2.04. The molecule has 2 heterocycles. The molecule has 1 aromatic heterocycles. The second-order valence-electron chi connectivity index (χ2n) is 6.25. The van der Waals surface area contributed by atoms with E-state index in [9.17, 15) is 4.79 Å².